The molecule has 0 bridgehead atoms. The van der Waals surface area contributed by atoms with Gasteiger partial charge in [0, 0.05) is 32.4 Å². The van der Waals surface area contributed by atoms with E-state index < -0.39 is 0 Å². The zero-order valence-electron chi connectivity index (χ0n) is 22.8. The molecule has 0 amide bonds. The Morgan fingerprint density at radius 1 is 0.571 bits per heavy atom. The first kappa shape index (κ1) is 24.6. The van der Waals surface area contributed by atoms with Crippen LogP contribution in [0.2, 0.25) is 0 Å². The van der Waals surface area contributed by atoms with Crippen LogP contribution in [-0.4, -0.2) is 5.84 Å². The number of nitrogens with one attached hydrogen (secondary N) is 1. The summed E-state index contributed by atoms with van der Waals surface area (Å²) in [4.78, 5) is 8.88. The first-order valence-electron chi connectivity index (χ1n) is 14.2. The van der Waals surface area contributed by atoms with Crippen molar-refractivity contribution in [3.05, 3.63) is 168 Å². The molecule has 0 saturated carbocycles. The minimum atomic E-state index is -0.0500. The van der Waals surface area contributed by atoms with Crippen LogP contribution < -0.4 is 10.2 Å². The first-order chi connectivity index (χ1) is 20.8. The predicted molar refractivity (Wildman–Crippen MR) is 179 cm³/mol. The number of anilines is 4. The van der Waals surface area contributed by atoms with Crippen LogP contribution in [0.1, 0.15) is 22.0 Å². The number of aliphatic imine (C=N–C) groups is 1. The zero-order chi connectivity index (χ0) is 27.9. The molecule has 1 aliphatic heterocycles. The summed E-state index contributed by atoms with van der Waals surface area (Å²) in [7, 11) is 0. The van der Waals surface area contributed by atoms with E-state index in [-0.39, 0.29) is 6.04 Å². The van der Waals surface area contributed by atoms with Gasteiger partial charge in [0.15, 0.2) is 0 Å². The molecule has 42 heavy (non-hydrogen) atoms. The summed E-state index contributed by atoms with van der Waals surface area (Å²) in [5.41, 5.74) is 6.80. The molecule has 200 valence electrons. The van der Waals surface area contributed by atoms with Gasteiger partial charge in [-0.2, -0.15) is 0 Å². The largest absolute Gasteiger partial charge is 0.339 e. The molecule has 2 heterocycles. The van der Waals surface area contributed by atoms with E-state index in [2.05, 4.69) is 162 Å². The number of hydrogen-bond acceptors (Lipinski definition) is 4. The molecular weight excluding hydrogens is 531 g/mol. The number of hydrogen-bond donors (Lipinski definition) is 1. The van der Waals surface area contributed by atoms with Crippen molar-refractivity contribution in [2.45, 2.75) is 6.04 Å². The topological polar surface area (TPSA) is 27.6 Å². The highest BCUT2D eigenvalue weighted by molar-refractivity contribution is 7.20. The maximum Gasteiger partial charge on any atom is 0.133 e. The number of benzene rings is 6. The van der Waals surface area contributed by atoms with Crippen molar-refractivity contribution in [1.82, 2.24) is 0 Å². The molecular formula is C38H27N3S. The predicted octanol–water partition coefficient (Wildman–Crippen LogP) is 10.5. The van der Waals surface area contributed by atoms with Crippen molar-refractivity contribution in [3.63, 3.8) is 0 Å². The van der Waals surface area contributed by atoms with Gasteiger partial charge in [0.25, 0.3) is 0 Å². The lowest BCUT2D eigenvalue weighted by molar-refractivity contribution is 0.886. The van der Waals surface area contributed by atoms with Gasteiger partial charge in [-0.3, -0.25) is 4.99 Å². The van der Waals surface area contributed by atoms with Gasteiger partial charge in [-0.15, -0.1) is 11.3 Å². The van der Waals surface area contributed by atoms with E-state index in [1.165, 1.54) is 37.0 Å². The standard InChI is InChI=1S/C38H27N3S/c1-3-13-27(14-4-1)35-37-36(32-19-9-10-21-34(32)42-37)40-38(39-35)28-22-24-30(25-23-28)41(29-16-5-2-6-17-29)33-20-11-15-26-12-7-8-18-31(26)33/h1-25,35H,(H,39,40). The fraction of sp³-hybridized carbons (Fsp3) is 0.0263. The average Bonchev–Trinajstić information content (AvgIpc) is 3.45. The molecule has 7 aromatic rings. The molecule has 1 unspecified atom stereocenters. The molecule has 0 radical (unpaired) electrons. The second kappa shape index (κ2) is 10.3. The van der Waals surface area contributed by atoms with Crippen molar-refractivity contribution in [2.24, 2.45) is 4.99 Å². The highest BCUT2D eigenvalue weighted by Crippen LogP contribution is 2.46. The van der Waals surface area contributed by atoms with Gasteiger partial charge >= 0.3 is 0 Å². The summed E-state index contributed by atoms with van der Waals surface area (Å²) in [6.07, 6.45) is 0. The summed E-state index contributed by atoms with van der Waals surface area (Å²) in [5.74, 6) is 0.892. The van der Waals surface area contributed by atoms with Crippen molar-refractivity contribution >= 4 is 60.8 Å². The Balaban J connectivity index is 1.23. The van der Waals surface area contributed by atoms with Gasteiger partial charge in [-0.05, 0) is 59.5 Å². The summed E-state index contributed by atoms with van der Waals surface area (Å²) in [6, 6.07) is 53.6. The maximum atomic E-state index is 5.29. The van der Waals surface area contributed by atoms with E-state index in [9.17, 15) is 0 Å². The fourth-order valence-corrected chi connectivity index (χ4v) is 7.14. The molecule has 1 aliphatic rings. The number of thiophene rings is 1. The van der Waals surface area contributed by atoms with Gasteiger partial charge < -0.3 is 10.2 Å². The monoisotopic (exact) mass is 557 g/mol. The zero-order valence-corrected chi connectivity index (χ0v) is 23.6. The highest BCUT2D eigenvalue weighted by atomic mass is 32.1. The van der Waals surface area contributed by atoms with Gasteiger partial charge in [-0.1, -0.05) is 103 Å². The van der Waals surface area contributed by atoms with Crippen molar-refractivity contribution < 1.29 is 0 Å². The normalized spacial score (nSPS) is 14.3. The third-order valence-corrected chi connectivity index (χ3v) is 9.13. The van der Waals surface area contributed by atoms with Crippen molar-refractivity contribution in [2.75, 3.05) is 10.2 Å². The fourth-order valence-electron chi connectivity index (χ4n) is 5.91. The third kappa shape index (κ3) is 4.25. The van der Waals surface area contributed by atoms with Gasteiger partial charge in [0.05, 0.1) is 16.3 Å². The molecule has 0 spiro atoms. The van der Waals surface area contributed by atoms with Crippen LogP contribution in [0.3, 0.4) is 0 Å². The van der Waals surface area contributed by atoms with Crippen LogP contribution in [0.5, 0.6) is 0 Å². The Bertz CT molecular complexity index is 2060. The molecule has 4 heteroatoms. The number of nitrogens with zero attached hydrogens (tertiary/aromatic N) is 2. The van der Waals surface area contributed by atoms with E-state index in [0.29, 0.717) is 0 Å². The Morgan fingerprint density at radius 3 is 2.02 bits per heavy atom. The summed E-state index contributed by atoms with van der Waals surface area (Å²) >= 11 is 1.83. The van der Waals surface area contributed by atoms with Crippen LogP contribution >= 0.6 is 11.3 Å². The molecule has 6 aromatic carbocycles. The Labute approximate surface area is 249 Å². The molecule has 1 N–H and O–H groups in total. The van der Waals surface area contributed by atoms with Crippen LogP contribution in [0, 0.1) is 0 Å². The lowest BCUT2D eigenvalue weighted by atomic mass is 10.0. The molecule has 3 nitrogen and oxygen atoms in total. The molecule has 1 aromatic heterocycles. The molecule has 8 rings (SSSR count). The number of fused-ring (bicyclic) bond motifs is 4. The Morgan fingerprint density at radius 2 is 1.21 bits per heavy atom. The van der Waals surface area contributed by atoms with Crippen molar-refractivity contribution in [3.8, 4) is 0 Å². The molecule has 0 fully saturated rings. The minimum absolute atomic E-state index is 0.0500. The second-order valence-corrected chi connectivity index (χ2v) is 11.6. The summed E-state index contributed by atoms with van der Waals surface area (Å²) in [5, 5.41) is 7.40. The lowest BCUT2D eigenvalue weighted by Gasteiger charge is -2.27. The SMILES string of the molecule is c1ccc(C2N=C(c3ccc(N(c4ccccc4)c4cccc5ccccc45)cc3)Nc3c2sc2ccccc32)cc1. The maximum absolute atomic E-state index is 5.29. The van der Waals surface area contributed by atoms with E-state index in [1.54, 1.807) is 0 Å². The van der Waals surface area contributed by atoms with Crippen LogP contribution in [0.25, 0.3) is 20.9 Å². The van der Waals surface area contributed by atoms with Gasteiger partial charge in [0.1, 0.15) is 11.9 Å². The van der Waals surface area contributed by atoms with Crippen LogP contribution in [0.15, 0.2) is 157 Å². The van der Waals surface area contributed by atoms with Gasteiger partial charge in [-0.25, -0.2) is 0 Å². The highest BCUT2D eigenvalue weighted by Gasteiger charge is 2.28. The quantitative estimate of drug-likeness (QED) is 0.228. The average molecular weight is 558 g/mol. The molecule has 0 saturated heterocycles. The summed E-state index contributed by atoms with van der Waals surface area (Å²) in [6.45, 7) is 0. The van der Waals surface area contributed by atoms with Crippen LogP contribution in [0.4, 0.5) is 22.7 Å². The van der Waals surface area contributed by atoms with Crippen molar-refractivity contribution in [1.29, 1.82) is 0 Å². The number of rotatable bonds is 5. The number of amidine groups is 1. The number of para-hydroxylation sites is 1. The molecule has 1 atom stereocenters. The van der Waals surface area contributed by atoms with E-state index in [4.69, 9.17) is 4.99 Å². The minimum Gasteiger partial charge on any atom is -0.339 e. The third-order valence-electron chi connectivity index (χ3n) is 7.91. The van der Waals surface area contributed by atoms with Gasteiger partial charge in [0.2, 0.25) is 0 Å². The summed E-state index contributed by atoms with van der Waals surface area (Å²) < 4.78 is 1.27. The molecule has 0 aliphatic carbocycles. The van der Waals surface area contributed by atoms with E-state index in [1.807, 2.05) is 11.3 Å². The van der Waals surface area contributed by atoms with E-state index >= 15 is 0 Å². The smallest absolute Gasteiger partial charge is 0.133 e. The Hall–Kier alpha value is -5.19. The van der Waals surface area contributed by atoms with Crippen LogP contribution in [-0.2, 0) is 0 Å². The second-order valence-electron chi connectivity index (χ2n) is 10.5. The van der Waals surface area contributed by atoms with E-state index in [0.717, 1.165) is 28.5 Å². The Kier molecular flexibility index (Phi) is 6.05. The first-order valence-corrected chi connectivity index (χ1v) is 15.0. The lowest BCUT2D eigenvalue weighted by Crippen LogP contribution is -2.21.